The molecule has 2 aromatic carbocycles. The van der Waals surface area contributed by atoms with Crippen LogP contribution in [0.3, 0.4) is 0 Å². The Morgan fingerprint density at radius 1 is 1.06 bits per heavy atom. The summed E-state index contributed by atoms with van der Waals surface area (Å²) < 4.78 is 7.50. The van der Waals surface area contributed by atoms with Gasteiger partial charge in [-0.05, 0) is 54.7 Å². The van der Waals surface area contributed by atoms with E-state index in [-0.39, 0.29) is 0 Å². The molecule has 0 radical (unpaired) electrons. The predicted molar refractivity (Wildman–Crippen MR) is 124 cm³/mol. The smallest absolute Gasteiger partial charge is 0.301 e. The normalized spacial score (nSPS) is 11.4. The van der Waals surface area contributed by atoms with Crippen LogP contribution in [0.4, 0.5) is 11.8 Å². The number of rotatable bonds is 4. The van der Waals surface area contributed by atoms with Gasteiger partial charge in [0.15, 0.2) is 17.2 Å². The van der Waals surface area contributed by atoms with Gasteiger partial charge in [-0.1, -0.05) is 38.1 Å². The third-order valence-electron chi connectivity index (χ3n) is 5.64. The highest BCUT2D eigenvalue weighted by Crippen LogP contribution is 2.29. The van der Waals surface area contributed by atoms with Crippen LogP contribution in [0.25, 0.3) is 27.8 Å². The van der Waals surface area contributed by atoms with Crippen LogP contribution in [0.2, 0.25) is 0 Å². The lowest BCUT2D eigenvalue weighted by molar-refractivity contribution is 0.621. The number of aryl methyl sites for hydroxylation is 2. The number of pyridine rings is 1. The molecule has 0 aliphatic heterocycles. The van der Waals surface area contributed by atoms with E-state index in [2.05, 4.69) is 41.4 Å². The molecule has 0 atom stereocenters. The minimum Gasteiger partial charge on any atom is -0.423 e. The van der Waals surface area contributed by atoms with E-state index in [1.807, 2.05) is 50.2 Å². The lowest BCUT2D eigenvalue weighted by Crippen LogP contribution is -2.06. The molecule has 32 heavy (non-hydrogen) atoms. The van der Waals surface area contributed by atoms with E-state index >= 15 is 0 Å². The highest BCUT2D eigenvalue weighted by Gasteiger charge is 2.18. The second-order valence-electron chi connectivity index (χ2n) is 8.22. The molecule has 0 fully saturated rings. The van der Waals surface area contributed by atoms with Crippen molar-refractivity contribution in [2.24, 2.45) is 0 Å². The molecule has 3 heterocycles. The van der Waals surface area contributed by atoms with Gasteiger partial charge >= 0.3 is 6.01 Å². The van der Waals surface area contributed by atoms with Crippen LogP contribution in [0.5, 0.6) is 0 Å². The number of nitriles is 1. The molecule has 1 N–H and O–H groups in total. The first-order valence-corrected chi connectivity index (χ1v) is 10.5. The van der Waals surface area contributed by atoms with Gasteiger partial charge in [-0.15, -0.1) is 0 Å². The zero-order valence-electron chi connectivity index (χ0n) is 18.3. The van der Waals surface area contributed by atoms with Crippen molar-refractivity contribution in [1.29, 1.82) is 5.26 Å². The average Bonchev–Trinajstić information content (AvgIpc) is 3.37. The largest absolute Gasteiger partial charge is 0.423 e. The molecule has 0 saturated heterocycles. The van der Waals surface area contributed by atoms with Gasteiger partial charge in [0.05, 0.1) is 11.7 Å². The van der Waals surface area contributed by atoms with Crippen molar-refractivity contribution in [2.75, 3.05) is 5.32 Å². The van der Waals surface area contributed by atoms with Crippen molar-refractivity contribution >= 4 is 33.8 Å². The molecule has 0 aliphatic carbocycles. The minimum atomic E-state index is 0.299. The molecular weight excluding hydrogens is 400 g/mol. The van der Waals surface area contributed by atoms with E-state index in [9.17, 15) is 5.26 Å². The van der Waals surface area contributed by atoms with Crippen LogP contribution in [0.1, 0.15) is 42.0 Å². The lowest BCUT2D eigenvalue weighted by atomic mass is 10.0. The Labute approximate surface area is 185 Å². The van der Waals surface area contributed by atoms with Gasteiger partial charge in [-0.2, -0.15) is 20.0 Å². The molecule has 5 rings (SSSR count). The van der Waals surface area contributed by atoms with Gasteiger partial charge in [0.25, 0.3) is 0 Å². The molecule has 0 bridgehead atoms. The number of oxazole rings is 1. The number of benzene rings is 2. The number of hydrogen-bond donors (Lipinski definition) is 1. The summed E-state index contributed by atoms with van der Waals surface area (Å²) >= 11 is 0. The molecule has 0 amide bonds. The topological polar surface area (TPSA) is 92.6 Å². The van der Waals surface area contributed by atoms with Crippen LogP contribution < -0.4 is 5.32 Å². The van der Waals surface area contributed by atoms with Crippen molar-refractivity contribution in [3.8, 4) is 11.9 Å². The summed E-state index contributed by atoms with van der Waals surface area (Å²) in [6.07, 6.45) is 1.51. The molecule has 7 heteroatoms. The van der Waals surface area contributed by atoms with E-state index in [0.29, 0.717) is 34.7 Å². The first-order valence-electron chi connectivity index (χ1n) is 10.5. The summed E-state index contributed by atoms with van der Waals surface area (Å²) in [5.74, 6) is 1.47. The van der Waals surface area contributed by atoms with Crippen LogP contribution in [0, 0.1) is 25.2 Å². The quantitative estimate of drug-likeness (QED) is 0.387. The average molecular weight is 422 g/mol. The van der Waals surface area contributed by atoms with Gasteiger partial charge in [0, 0.05) is 5.39 Å². The molecule has 5 aromatic rings. The van der Waals surface area contributed by atoms with E-state index < -0.39 is 0 Å². The fourth-order valence-corrected chi connectivity index (χ4v) is 3.83. The number of hydrogen-bond acceptors (Lipinski definition) is 6. The fourth-order valence-electron chi connectivity index (χ4n) is 3.83. The summed E-state index contributed by atoms with van der Waals surface area (Å²) in [5, 5.41) is 18.3. The van der Waals surface area contributed by atoms with Crippen molar-refractivity contribution in [1.82, 2.24) is 19.7 Å². The third kappa shape index (κ3) is 3.26. The maximum atomic E-state index is 9.65. The number of aromatic nitrogens is 4. The van der Waals surface area contributed by atoms with E-state index in [4.69, 9.17) is 9.40 Å². The summed E-state index contributed by atoms with van der Waals surface area (Å²) in [7, 11) is 0. The van der Waals surface area contributed by atoms with Crippen molar-refractivity contribution in [3.05, 3.63) is 70.9 Å². The summed E-state index contributed by atoms with van der Waals surface area (Å²) in [6.45, 7) is 8.35. The van der Waals surface area contributed by atoms with Crippen LogP contribution in [0.15, 0.2) is 53.1 Å². The standard InChI is InChI=1S/C25H22N6O/c1-14(2)17-8-9-21-20(11-17)28-25(32-21)30-24-18(12-26)13-27-31(24)22-10-16(4)19-7-5-6-15(3)23(19)29-22/h5-11,13-14H,1-4H3,(H,28,30). The number of nitrogens with one attached hydrogen (secondary N) is 1. The zero-order chi connectivity index (χ0) is 22.4. The molecular formula is C25H22N6O. The van der Waals surface area contributed by atoms with Crippen LogP contribution in [-0.4, -0.2) is 19.7 Å². The van der Waals surface area contributed by atoms with Crippen LogP contribution in [-0.2, 0) is 0 Å². The second kappa shape index (κ2) is 7.50. The zero-order valence-corrected chi connectivity index (χ0v) is 18.3. The van der Waals surface area contributed by atoms with Crippen molar-refractivity contribution < 1.29 is 4.42 Å². The lowest BCUT2D eigenvalue weighted by Gasteiger charge is -2.11. The van der Waals surface area contributed by atoms with Crippen molar-refractivity contribution in [2.45, 2.75) is 33.6 Å². The Morgan fingerprint density at radius 2 is 1.91 bits per heavy atom. The Kier molecular flexibility index (Phi) is 4.63. The monoisotopic (exact) mass is 422 g/mol. The molecule has 0 spiro atoms. The Balaban J connectivity index is 1.60. The fraction of sp³-hybridized carbons (Fsp3) is 0.200. The molecule has 158 valence electrons. The number of fused-ring (bicyclic) bond motifs is 2. The Morgan fingerprint density at radius 3 is 2.69 bits per heavy atom. The third-order valence-corrected chi connectivity index (χ3v) is 5.64. The summed E-state index contributed by atoms with van der Waals surface area (Å²) in [4.78, 5) is 9.40. The van der Waals surface area contributed by atoms with Gasteiger partial charge in [0.1, 0.15) is 17.1 Å². The van der Waals surface area contributed by atoms with Gasteiger partial charge in [-0.3, -0.25) is 5.32 Å². The highest BCUT2D eigenvalue weighted by molar-refractivity contribution is 5.86. The molecule has 0 saturated carbocycles. The van der Waals surface area contributed by atoms with Crippen LogP contribution >= 0.6 is 0 Å². The number of para-hydroxylation sites is 1. The van der Waals surface area contributed by atoms with Gasteiger partial charge in [0.2, 0.25) is 0 Å². The Bertz CT molecular complexity index is 1520. The van der Waals surface area contributed by atoms with E-state index in [1.165, 1.54) is 11.8 Å². The van der Waals surface area contributed by atoms with Gasteiger partial charge < -0.3 is 4.42 Å². The van der Waals surface area contributed by atoms with Crippen molar-refractivity contribution in [3.63, 3.8) is 0 Å². The SMILES string of the molecule is Cc1cc(-n2ncc(C#N)c2Nc2nc3cc(C(C)C)ccc3o2)nc2c(C)cccc12. The van der Waals surface area contributed by atoms with Gasteiger partial charge in [-0.25, -0.2) is 4.98 Å². The second-order valence-corrected chi connectivity index (χ2v) is 8.22. The molecule has 0 aliphatic rings. The predicted octanol–water partition coefficient (Wildman–Crippen LogP) is 5.92. The Hall–Kier alpha value is -4.18. The van der Waals surface area contributed by atoms with E-state index in [0.717, 1.165) is 27.5 Å². The number of anilines is 2. The molecule has 0 unspecified atom stereocenters. The summed E-state index contributed by atoms with van der Waals surface area (Å²) in [5.41, 5.74) is 6.07. The first-order chi connectivity index (χ1) is 15.4. The molecule has 7 nitrogen and oxygen atoms in total. The summed E-state index contributed by atoms with van der Waals surface area (Å²) in [6, 6.07) is 16.5. The maximum Gasteiger partial charge on any atom is 0.301 e. The maximum absolute atomic E-state index is 9.65. The number of nitrogens with zero attached hydrogens (tertiary/aromatic N) is 5. The molecule has 3 aromatic heterocycles. The minimum absolute atomic E-state index is 0.299. The van der Waals surface area contributed by atoms with E-state index in [1.54, 1.807) is 4.68 Å². The highest BCUT2D eigenvalue weighted by atomic mass is 16.4. The first kappa shape index (κ1) is 19.8.